The average Bonchev–Trinajstić information content (AvgIpc) is 3.08. The van der Waals surface area contributed by atoms with Gasteiger partial charge in [0.25, 0.3) is 0 Å². The first-order valence-electron chi connectivity index (χ1n) is 14.4. The van der Waals surface area contributed by atoms with Crippen molar-refractivity contribution in [3.63, 3.8) is 0 Å². The largest absolute Gasteiger partial charge is 0.493 e. The van der Waals surface area contributed by atoms with E-state index in [4.69, 9.17) is 37.0 Å². The van der Waals surface area contributed by atoms with E-state index >= 15 is 0 Å². The monoisotopic (exact) mass is 676 g/mol. The minimum atomic E-state index is -4.59. The molecule has 1 aromatic heterocycles. The van der Waals surface area contributed by atoms with Gasteiger partial charge >= 0.3 is 16.1 Å². The quantitative estimate of drug-likeness (QED) is 0.0858. The van der Waals surface area contributed by atoms with E-state index in [0.29, 0.717) is 5.75 Å². The van der Waals surface area contributed by atoms with Gasteiger partial charge in [-0.1, -0.05) is 48.0 Å². The fraction of sp³-hybridized carbons (Fsp3) is 0.200. The maximum absolute atomic E-state index is 14.4. The molecule has 0 saturated heterocycles. The summed E-state index contributed by atoms with van der Waals surface area (Å²) in [5.74, 6) is -1.94. The molecule has 0 amide bonds. The topological polar surface area (TPSA) is 146 Å². The van der Waals surface area contributed by atoms with Crippen molar-refractivity contribution in [2.75, 3.05) is 28.4 Å². The normalized spacial score (nSPS) is 11.1. The molecule has 0 saturated carbocycles. The van der Waals surface area contributed by atoms with Gasteiger partial charge in [0.1, 0.15) is 16.9 Å². The number of methoxy groups -OCH3 is 4. The molecule has 0 aliphatic carbocycles. The maximum Gasteiger partial charge on any atom is 0.339 e. The third kappa shape index (κ3) is 6.58. The Morgan fingerprint density at radius 3 is 2.02 bits per heavy atom. The van der Waals surface area contributed by atoms with E-state index in [1.807, 2.05) is 30.3 Å². The molecule has 1 heterocycles. The van der Waals surface area contributed by atoms with E-state index < -0.39 is 27.3 Å². The van der Waals surface area contributed by atoms with E-state index in [1.54, 1.807) is 31.2 Å². The van der Waals surface area contributed by atoms with Gasteiger partial charge in [-0.3, -0.25) is 9.59 Å². The highest BCUT2D eigenvalue weighted by molar-refractivity contribution is 7.87. The van der Waals surface area contributed by atoms with Crippen LogP contribution in [0, 0.1) is 6.92 Å². The molecule has 4 aromatic carbocycles. The van der Waals surface area contributed by atoms with Crippen molar-refractivity contribution in [3.8, 4) is 51.6 Å². The summed E-state index contributed by atoms with van der Waals surface area (Å²) >= 11 is 0. The summed E-state index contributed by atoms with van der Waals surface area (Å²) in [6.07, 6.45) is 0. The second-order valence-electron chi connectivity index (χ2n) is 10.3. The summed E-state index contributed by atoms with van der Waals surface area (Å²) in [5.41, 5.74) is 0.743. The molecule has 5 aromatic rings. The molecular formula is C35H32O12S. The second kappa shape index (κ2) is 14.0. The Morgan fingerprint density at radius 1 is 0.750 bits per heavy atom. The van der Waals surface area contributed by atoms with Crippen molar-refractivity contribution in [1.29, 1.82) is 0 Å². The maximum atomic E-state index is 14.4. The molecule has 12 nitrogen and oxygen atoms in total. The Kier molecular flexibility index (Phi) is 9.80. The van der Waals surface area contributed by atoms with Gasteiger partial charge in [0.15, 0.2) is 28.6 Å². The molecule has 5 rings (SSSR count). The summed E-state index contributed by atoms with van der Waals surface area (Å²) in [5, 5.41) is -0.334. The highest BCUT2D eigenvalue weighted by Gasteiger charge is 2.33. The predicted octanol–water partition coefficient (Wildman–Crippen LogP) is 6.07. The van der Waals surface area contributed by atoms with Gasteiger partial charge < -0.3 is 37.0 Å². The van der Waals surface area contributed by atoms with Crippen LogP contribution in [0.1, 0.15) is 18.1 Å². The Labute approximate surface area is 276 Å². The first kappa shape index (κ1) is 33.7. The van der Waals surface area contributed by atoms with Gasteiger partial charge in [-0.2, -0.15) is 8.42 Å². The zero-order valence-electron chi connectivity index (χ0n) is 26.9. The van der Waals surface area contributed by atoms with Gasteiger partial charge in [-0.05, 0) is 42.8 Å². The third-order valence-corrected chi connectivity index (χ3v) is 8.38. The SMILES string of the molecule is COc1cc(-c2oc3c(OC)c(OC)c(OC(C)=O)c(OC)c3c(=O)c2OS(=O)(=O)c2ccc(C)cc2)ccc1OCc1ccccc1. The van der Waals surface area contributed by atoms with Gasteiger partial charge in [0.05, 0.1) is 28.4 Å². The number of aryl methyl sites for hydroxylation is 1. The van der Waals surface area contributed by atoms with E-state index in [9.17, 15) is 18.0 Å². The lowest BCUT2D eigenvalue weighted by atomic mass is 10.1. The number of ether oxygens (including phenoxy) is 6. The fourth-order valence-electron chi connectivity index (χ4n) is 4.90. The molecule has 0 atom stereocenters. The van der Waals surface area contributed by atoms with Crippen molar-refractivity contribution in [1.82, 2.24) is 0 Å². The predicted molar refractivity (Wildman–Crippen MR) is 175 cm³/mol. The number of hydrogen-bond donors (Lipinski definition) is 0. The Morgan fingerprint density at radius 2 is 1.42 bits per heavy atom. The molecule has 0 radical (unpaired) electrons. The number of esters is 1. The minimum Gasteiger partial charge on any atom is -0.493 e. The third-order valence-electron chi connectivity index (χ3n) is 7.15. The van der Waals surface area contributed by atoms with Crippen LogP contribution in [0.5, 0.6) is 40.2 Å². The van der Waals surface area contributed by atoms with Crippen LogP contribution in [-0.2, 0) is 21.5 Å². The molecule has 0 bridgehead atoms. The Hall–Kier alpha value is -5.69. The van der Waals surface area contributed by atoms with Gasteiger partial charge in [-0.15, -0.1) is 0 Å². The van der Waals surface area contributed by atoms with Gasteiger partial charge in [-0.25, -0.2) is 0 Å². The lowest BCUT2D eigenvalue weighted by Crippen LogP contribution is -2.18. The molecule has 0 spiro atoms. The molecule has 250 valence electrons. The zero-order chi connectivity index (χ0) is 34.6. The van der Waals surface area contributed by atoms with Crippen molar-refractivity contribution in [2.24, 2.45) is 0 Å². The van der Waals surface area contributed by atoms with E-state index in [-0.39, 0.29) is 62.5 Å². The molecule has 0 fully saturated rings. The lowest BCUT2D eigenvalue weighted by Gasteiger charge is -2.19. The smallest absolute Gasteiger partial charge is 0.339 e. The summed E-state index contributed by atoms with van der Waals surface area (Å²) in [6.45, 7) is 3.18. The fourth-order valence-corrected chi connectivity index (χ4v) is 5.84. The first-order chi connectivity index (χ1) is 23.0. The van der Waals surface area contributed by atoms with Crippen LogP contribution in [0.15, 0.2) is 86.9 Å². The highest BCUT2D eigenvalue weighted by atomic mass is 32.2. The number of rotatable bonds is 12. The van der Waals surface area contributed by atoms with Crippen molar-refractivity contribution < 1.29 is 50.2 Å². The molecule has 0 N–H and O–H groups in total. The first-order valence-corrected chi connectivity index (χ1v) is 15.8. The van der Waals surface area contributed by atoms with E-state index in [1.165, 1.54) is 46.6 Å². The van der Waals surface area contributed by atoms with Crippen LogP contribution < -0.4 is 38.0 Å². The number of carbonyl (C=O) groups is 1. The summed E-state index contributed by atoms with van der Waals surface area (Å²) in [6, 6.07) is 20.0. The average molecular weight is 677 g/mol. The highest BCUT2D eigenvalue weighted by Crippen LogP contribution is 2.52. The van der Waals surface area contributed by atoms with Crippen LogP contribution >= 0.6 is 0 Å². The van der Waals surface area contributed by atoms with Crippen molar-refractivity contribution >= 4 is 27.1 Å². The number of hydrogen-bond acceptors (Lipinski definition) is 12. The zero-order valence-corrected chi connectivity index (χ0v) is 27.8. The Bertz CT molecular complexity index is 2140. The van der Waals surface area contributed by atoms with Crippen LogP contribution in [0.3, 0.4) is 0 Å². The van der Waals surface area contributed by atoms with Crippen LogP contribution in [0.4, 0.5) is 0 Å². The summed E-state index contributed by atoms with van der Waals surface area (Å²) < 4.78 is 72.5. The lowest BCUT2D eigenvalue weighted by molar-refractivity contribution is -0.132. The van der Waals surface area contributed by atoms with E-state index in [0.717, 1.165) is 18.1 Å². The molecule has 13 heteroatoms. The number of carbonyl (C=O) groups excluding carboxylic acids is 1. The molecule has 0 unspecified atom stereocenters. The molecule has 0 aliphatic heterocycles. The van der Waals surface area contributed by atoms with E-state index in [2.05, 4.69) is 0 Å². The molecular weight excluding hydrogens is 644 g/mol. The Balaban J connectivity index is 1.79. The standard InChI is InChI=1S/C35H32O12S/c1-20-12-15-24(16-13-20)48(38,39)47-32-28(37)27-30(41-4)35(45-21(2)36)34(43-6)33(42-5)31(27)46-29(32)23-14-17-25(26(18-23)40-3)44-19-22-10-8-7-9-11-22/h7-18H,19H2,1-6H3. The van der Waals surface area contributed by atoms with Crippen molar-refractivity contribution in [2.45, 2.75) is 25.3 Å². The van der Waals surface area contributed by atoms with Crippen molar-refractivity contribution in [3.05, 3.63) is 94.1 Å². The van der Waals surface area contributed by atoms with Crippen LogP contribution in [0.25, 0.3) is 22.3 Å². The second-order valence-corrected chi connectivity index (χ2v) is 11.9. The summed E-state index contributed by atoms with van der Waals surface area (Å²) in [4.78, 5) is 26.3. The van der Waals surface area contributed by atoms with Gasteiger partial charge in [0.2, 0.25) is 28.4 Å². The molecule has 0 aliphatic rings. The number of benzene rings is 4. The minimum absolute atomic E-state index is 0.116. The van der Waals surface area contributed by atoms with Crippen LogP contribution in [-0.4, -0.2) is 42.8 Å². The molecule has 48 heavy (non-hydrogen) atoms. The number of fused-ring (bicyclic) bond motifs is 1. The summed E-state index contributed by atoms with van der Waals surface area (Å²) in [7, 11) is 0.644. The van der Waals surface area contributed by atoms with Gasteiger partial charge in [0, 0.05) is 12.5 Å². The van der Waals surface area contributed by atoms with Crippen LogP contribution in [0.2, 0.25) is 0 Å².